The molecular formula is C57H86ClN3O15. The summed E-state index contributed by atoms with van der Waals surface area (Å²) < 4.78 is 52.7. The molecule has 4 N–H and O–H groups in total. The van der Waals surface area contributed by atoms with Crippen molar-refractivity contribution >= 4 is 40.3 Å². The Morgan fingerprint density at radius 2 is 1.57 bits per heavy atom. The maximum atomic E-state index is 14.7. The van der Waals surface area contributed by atoms with Gasteiger partial charge < -0.3 is 68.1 Å². The Kier molecular flexibility index (Phi) is 20.0. The summed E-state index contributed by atoms with van der Waals surface area (Å²) >= 11 is 6.18. The number of rotatable bonds is 12. The number of carbonyl (C=O) groups excluding carboxylic acids is 3. The molecule has 19 heteroatoms. The normalized spacial score (nSPS) is 37.6. The zero-order valence-electron chi connectivity index (χ0n) is 47.4. The summed E-state index contributed by atoms with van der Waals surface area (Å²) in [6.45, 7) is 19.6. The molecule has 18 nitrogen and oxygen atoms in total. The topological polar surface area (TPSA) is 217 Å². The van der Waals surface area contributed by atoms with Gasteiger partial charge in [0.1, 0.15) is 29.7 Å². The predicted octanol–water partition coefficient (Wildman–Crippen LogP) is 6.31. The van der Waals surface area contributed by atoms with Crippen molar-refractivity contribution in [1.29, 1.82) is 0 Å². The van der Waals surface area contributed by atoms with E-state index in [0.717, 1.165) is 0 Å². The summed E-state index contributed by atoms with van der Waals surface area (Å²) in [4.78, 5) is 47.5. The fourth-order valence-corrected chi connectivity index (χ4v) is 12.1. The van der Waals surface area contributed by atoms with E-state index in [1.807, 2.05) is 44.8 Å². The Morgan fingerprint density at radius 3 is 2.17 bits per heavy atom. The molecule has 18 atom stereocenters. The van der Waals surface area contributed by atoms with Gasteiger partial charge in [0.2, 0.25) is 0 Å². The first-order valence-corrected chi connectivity index (χ1v) is 27.1. The van der Waals surface area contributed by atoms with Crippen LogP contribution in [0.25, 0.3) is 10.9 Å². The van der Waals surface area contributed by atoms with E-state index in [-0.39, 0.29) is 37.5 Å². The van der Waals surface area contributed by atoms with Crippen LogP contribution in [0.4, 0.5) is 0 Å². The lowest BCUT2D eigenvalue weighted by atomic mass is 9.77. The number of aliphatic hydroxyl groups excluding tert-OH is 2. The molecule has 1 aromatic heterocycles. The lowest BCUT2D eigenvalue weighted by molar-refractivity contribution is -0.319. The average Bonchev–Trinajstić information content (AvgIpc) is 3.63. The van der Waals surface area contributed by atoms with Gasteiger partial charge in [-0.1, -0.05) is 32.4 Å². The van der Waals surface area contributed by atoms with Gasteiger partial charge in [-0.25, -0.2) is 0 Å². The molecule has 3 aliphatic heterocycles. The number of ether oxygens (including phenoxy) is 8. The zero-order valence-corrected chi connectivity index (χ0v) is 48.2. The fraction of sp³-hybridized carbons (Fsp3) is 0.702. The smallest absolute Gasteiger partial charge is 0.311 e. The Morgan fingerprint density at radius 1 is 0.908 bits per heavy atom. The molecule has 426 valence electrons. The summed E-state index contributed by atoms with van der Waals surface area (Å²) in [7, 11) is 8.61. The van der Waals surface area contributed by atoms with Crippen LogP contribution in [0.1, 0.15) is 117 Å². The van der Waals surface area contributed by atoms with Crippen LogP contribution in [0.3, 0.4) is 0 Å². The van der Waals surface area contributed by atoms with E-state index in [0.29, 0.717) is 51.5 Å². The van der Waals surface area contributed by atoms with Crippen LogP contribution in [0.5, 0.6) is 5.75 Å². The molecule has 6 rings (SSSR count). The van der Waals surface area contributed by atoms with Crippen LogP contribution in [0.15, 0.2) is 42.5 Å². The number of halogens is 1. The van der Waals surface area contributed by atoms with Crippen molar-refractivity contribution in [3.05, 3.63) is 64.3 Å². The second kappa shape index (κ2) is 24.7. The van der Waals surface area contributed by atoms with E-state index in [9.17, 15) is 34.8 Å². The highest BCUT2D eigenvalue weighted by Crippen LogP contribution is 2.41. The van der Waals surface area contributed by atoms with E-state index in [1.54, 1.807) is 110 Å². The number of cyclic esters (lactones) is 1. The maximum Gasteiger partial charge on any atom is 0.311 e. The third-order valence-electron chi connectivity index (χ3n) is 16.6. The van der Waals surface area contributed by atoms with Crippen LogP contribution in [-0.4, -0.2) is 185 Å². The van der Waals surface area contributed by atoms with Gasteiger partial charge >= 0.3 is 11.9 Å². The summed E-state index contributed by atoms with van der Waals surface area (Å²) in [5.74, 6) is -3.43. The number of esters is 2. The van der Waals surface area contributed by atoms with E-state index >= 15 is 0 Å². The third kappa shape index (κ3) is 13.1. The molecule has 3 fully saturated rings. The van der Waals surface area contributed by atoms with Crippen molar-refractivity contribution in [1.82, 2.24) is 14.4 Å². The molecule has 3 aliphatic rings. The first kappa shape index (κ1) is 61.5. The van der Waals surface area contributed by atoms with Crippen molar-refractivity contribution in [3.8, 4) is 5.75 Å². The maximum absolute atomic E-state index is 14.7. The summed E-state index contributed by atoms with van der Waals surface area (Å²) in [5, 5.41) is 49.1. The van der Waals surface area contributed by atoms with E-state index in [4.69, 9.17) is 49.5 Å². The zero-order chi connectivity index (χ0) is 56.5. The van der Waals surface area contributed by atoms with E-state index < -0.39 is 114 Å². The van der Waals surface area contributed by atoms with Crippen molar-refractivity contribution in [2.75, 3.05) is 41.9 Å². The van der Waals surface area contributed by atoms with Crippen LogP contribution in [0, 0.1) is 24.7 Å². The van der Waals surface area contributed by atoms with Gasteiger partial charge in [-0.15, -0.1) is 0 Å². The van der Waals surface area contributed by atoms with Crippen molar-refractivity contribution in [2.24, 2.45) is 17.8 Å². The summed E-state index contributed by atoms with van der Waals surface area (Å²) in [5.41, 5.74) is -2.66. The number of likely N-dealkylation sites (N-methyl/N-ethyl adjacent to an activating group) is 2. The molecule has 76 heavy (non-hydrogen) atoms. The Balaban J connectivity index is 1.43. The molecule has 3 aromatic rings. The lowest BCUT2D eigenvalue weighted by Crippen LogP contribution is -2.61. The van der Waals surface area contributed by atoms with E-state index in [2.05, 4.69) is 0 Å². The highest BCUT2D eigenvalue weighted by molar-refractivity contribution is 6.30. The molecule has 3 saturated heterocycles. The summed E-state index contributed by atoms with van der Waals surface area (Å²) in [6, 6.07) is 10.8. The van der Waals surface area contributed by atoms with Crippen LogP contribution >= 0.6 is 11.6 Å². The quantitative estimate of drug-likeness (QED) is 0.146. The standard InChI is InChI=1S/C57H86ClN3O15/c1-17-44-57(11,68)49(63)35(7)60(14)29-30(2)27-55(9,67)51(32(4)47(33(5)53(66)73-44)75-46-28-56(10,70-16)50(64)36(8)72-46)76-54-48(43(59(12)13)24-31(3)71-54)74-45(62)26-40-34(6)61(42-23-22-39(69-15)25-41(40)42)52(65)37-18-20-38(58)21-19-37/h18-23,25,30-33,35-36,43-44,46-51,54,63-64,67-68H,17,24,26-29H2,1-16H3/t30-,31-,32+,33-,35-,36+,43?,44-,46+,47+,48-,49-,50+,51-,54+,55-,56-,57-/m1/s1. The molecular weight excluding hydrogens is 1000 g/mol. The second-order valence-electron chi connectivity index (χ2n) is 22.9. The molecule has 0 radical (unpaired) electrons. The van der Waals surface area contributed by atoms with Crippen molar-refractivity contribution in [3.63, 3.8) is 0 Å². The average molecular weight is 1090 g/mol. The van der Waals surface area contributed by atoms with Crippen LogP contribution in [0.2, 0.25) is 5.02 Å². The van der Waals surface area contributed by atoms with Gasteiger partial charge in [-0.05, 0) is 150 Å². The third-order valence-corrected chi connectivity index (χ3v) is 16.9. The largest absolute Gasteiger partial charge is 0.497 e. The number of carbonyl (C=O) groups is 3. The molecule has 0 amide bonds. The molecule has 0 spiro atoms. The highest BCUT2D eigenvalue weighted by atomic mass is 35.5. The Hall–Kier alpha value is -3.76. The van der Waals surface area contributed by atoms with Gasteiger partial charge in [-0.3, -0.25) is 19.0 Å². The van der Waals surface area contributed by atoms with Crippen molar-refractivity contribution in [2.45, 2.75) is 199 Å². The van der Waals surface area contributed by atoms with Gasteiger partial charge in [0.15, 0.2) is 18.7 Å². The van der Waals surface area contributed by atoms with Gasteiger partial charge in [0, 0.05) is 53.7 Å². The number of fused-ring (bicyclic) bond motifs is 1. The lowest BCUT2D eigenvalue weighted by Gasteiger charge is -2.49. The molecule has 1 unspecified atom stereocenters. The molecule has 0 bridgehead atoms. The Labute approximate surface area is 454 Å². The molecule has 4 heterocycles. The number of nitrogens with zero attached hydrogens (tertiary/aromatic N) is 3. The fourth-order valence-electron chi connectivity index (χ4n) is 12.0. The number of hydrogen-bond donors (Lipinski definition) is 4. The molecule has 0 saturated carbocycles. The monoisotopic (exact) mass is 1090 g/mol. The number of methoxy groups -OCH3 is 2. The second-order valence-corrected chi connectivity index (χ2v) is 23.3. The van der Waals surface area contributed by atoms with Crippen LogP contribution in [-0.2, 0) is 49.2 Å². The predicted molar refractivity (Wildman–Crippen MR) is 286 cm³/mol. The van der Waals surface area contributed by atoms with Crippen molar-refractivity contribution < 1.29 is 72.7 Å². The highest BCUT2D eigenvalue weighted by Gasteiger charge is 2.53. The number of aromatic nitrogens is 1. The van der Waals surface area contributed by atoms with Gasteiger partial charge in [0.05, 0.1) is 66.6 Å². The van der Waals surface area contributed by atoms with E-state index in [1.165, 1.54) is 14.0 Å². The van der Waals surface area contributed by atoms with Gasteiger partial charge in [-0.2, -0.15) is 0 Å². The summed E-state index contributed by atoms with van der Waals surface area (Å²) in [6.07, 6.45) is -9.88. The first-order chi connectivity index (χ1) is 35.5. The minimum absolute atomic E-state index is 0.0632. The SMILES string of the molecule is CC[C@H]1OC(=O)[C@H](C)[C@@H](O[C@H]2C[C@@](C)(OC)[C@@H](O)[C@H](C)O2)[C@H](C)[C@@H](O[C@@H]2O[C@H](C)CC(N(C)C)[C@H]2OC(=O)Cc2c(C)n(C(=O)c3ccc(Cl)cc3)c3ccc(OC)cc23)[C@](C)(O)C[C@@H](C)CN(C)[C@H](C)[C@@H](O)[C@]1(C)O. The minimum atomic E-state index is -1.87. The first-order valence-electron chi connectivity index (χ1n) is 26.7. The molecule has 2 aromatic carbocycles. The van der Waals surface area contributed by atoms with Crippen LogP contribution < -0.4 is 4.74 Å². The number of benzene rings is 2. The molecule has 0 aliphatic carbocycles. The minimum Gasteiger partial charge on any atom is -0.497 e. The Bertz CT molecular complexity index is 2470. The van der Waals surface area contributed by atoms with Gasteiger partial charge in [0.25, 0.3) is 5.91 Å². The number of aliphatic hydroxyl groups is 4. The number of hydrogen-bond acceptors (Lipinski definition) is 17.